The minimum atomic E-state index is -3.69. The van der Waals surface area contributed by atoms with E-state index < -0.39 is 10.0 Å². The highest BCUT2D eigenvalue weighted by atomic mass is 32.2. The number of nitrogens with zero attached hydrogens (tertiary/aromatic N) is 1. The van der Waals surface area contributed by atoms with Gasteiger partial charge < -0.3 is 10.1 Å². The van der Waals surface area contributed by atoms with Crippen molar-refractivity contribution >= 4 is 15.9 Å². The molecule has 0 unspecified atom stereocenters. The van der Waals surface area contributed by atoms with Crippen molar-refractivity contribution in [3.63, 3.8) is 0 Å². The Kier molecular flexibility index (Phi) is 7.38. The standard InChI is InChI=1S/C23H21N3O4S/c1-2-13-26-31(28,29)22-11-7-20(8-12-22)23(27)25-16-18-5-9-21(10-6-18)30-17-19-4-3-14-24-15-19/h1,3-12,14-15,26H,13,16-17H2,(H,25,27). The third-order valence-corrected chi connectivity index (χ3v) is 5.71. The summed E-state index contributed by atoms with van der Waals surface area (Å²) in [5.41, 5.74) is 2.23. The van der Waals surface area contributed by atoms with Gasteiger partial charge in [-0.05, 0) is 48.0 Å². The van der Waals surface area contributed by atoms with Crippen LogP contribution >= 0.6 is 0 Å². The van der Waals surface area contributed by atoms with Crippen LogP contribution in [-0.2, 0) is 23.2 Å². The van der Waals surface area contributed by atoms with Gasteiger partial charge >= 0.3 is 0 Å². The van der Waals surface area contributed by atoms with E-state index in [-0.39, 0.29) is 17.3 Å². The molecule has 0 fully saturated rings. The molecule has 1 aromatic heterocycles. The second kappa shape index (κ2) is 10.4. The van der Waals surface area contributed by atoms with Crippen LogP contribution in [0.3, 0.4) is 0 Å². The van der Waals surface area contributed by atoms with Crippen LogP contribution in [0.5, 0.6) is 5.75 Å². The lowest BCUT2D eigenvalue weighted by atomic mass is 10.2. The first kappa shape index (κ1) is 22.0. The number of hydrogen-bond acceptors (Lipinski definition) is 5. The Hall–Kier alpha value is -3.67. The highest BCUT2D eigenvalue weighted by Crippen LogP contribution is 2.15. The Balaban J connectivity index is 1.51. The van der Waals surface area contributed by atoms with Crippen LogP contribution in [0.1, 0.15) is 21.5 Å². The number of hydrogen-bond donors (Lipinski definition) is 2. The molecule has 0 bridgehead atoms. The number of aromatic nitrogens is 1. The molecule has 2 aromatic carbocycles. The molecular formula is C23H21N3O4S. The molecule has 8 heteroatoms. The summed E-state index contributed by atoms with van der Waals surface area (Å²) in [7, 11) is -3.69. The third-order valence-electron chi connectivity index (χ3n) is 4.30. The van der Waals surface area contributed by atoms with Gasteiger partial charge in [-0.1, -0.05) is 24.1 Å². The highest BCUT2D eigenvalue weighted by Gasteiger charge is 2.14. The maximum absolute atomic E-state index is 12.3. The Bertz CT molecular complexity index is 1150. The van der Waals surface area contributed by atoms with E-state index in [1.165, 1.54) is 24.3 Å². The third kappa shape index (κ3) is 6.40. The molecule has 7 nitrogen and oxygen atoms in total. The summed E-state index contributed by atoms with van der Waals surface area (Å²) in [6.45, 7) is 0.650. The number of carbonyl (C=O) groups is 1. The Morgan fingerprint density at radius 2 is 1.77 bits per heavy atom. The van der Waals surface area contributed by atoms with Crippen molar-refractivity contribution in [3.05, 3.63) is 89.7 Å². The van der Waals surface area contributed by atoms with Crippen LogP contribution in [0.2, 0.25) is 0 Å². The van der Waals surface area contributed by atoms with Gasteiger partial charge in [-0.15, -0.1) is 6.42 Å². The van der Waals surface area contributed by atoms with Crippen molar-refractivity contribution in [3.8, 4) is 18.1 Å². The molecule has 0 spiro atoms. The van der Waals surface area contributed by atoms with E-state index in [2.05, 4.69) is 20.9 Å². The molecule has 0 radical (unpaired) electrons. The number of nitrogens with one attached hydrogen (secondary N) is 2. The van der Waals surface area contributed by atoms with Crippen molar-refractivity contribution in [2.75, 3.05) is 6.54 Å². The lowest BCUT2D eigenvalue weighted by molar-refractivity contribution is 0.0951. The largest absolute Gasteiger partial charge is 0.489 e. The Morgan fingerprint density at radius 3 is 2.42 bits per heavy atom. The summed E-state index contributed by atoms with van der Waals surface area (Å²) in [6, 6.07) is 16.8. The van der Waals surface area contributed by atoms with Crippen molar-refractivity contribution in [1.82, 2.24) is 15.0 Å². The van der Waals surface area contributed by atoms with Crippen LogP contribution in [0, 0.1) is 12.3 Å². The van der Waals surface area contributed by atoms with Gasteiger partial charge in [0, 0.05) is 30.1 Å². The van der Waals surface area contributed by atoms with Crippen LogP contribution in [0.15, 0.2) is 78.0 Å². The summed E-state index contributed by atoms with van der Waals surface area (Å²) in [4.78, 5) is 16.4. The first-order chi connectivity index (χ1) is 15.0. The summed E-state index contributed by atoms with van der Waals surface area (Å²) in [5, 5.41) is 2.81. The minimum absolute atomic E-state index is 0.0428. The number of sulfonamides is 1. The van der Waals surface area contributed by atoms with Crippen LogP contribution in [-0.4, -0.2) is 25.9 Å². The average molecular weight is 436 g/mol. The number of pyridine rings is 1. The van der Waals surface area contributed by atoms with E-state index >= 15 is 0 Å². The molecule has 2 N–H and O–H groups in total. The van der Waals surface area contributed by atoms with E-state index in [1.807, 2.05) is 36.4 Å². The van der Waals surface area contributed by atoms with Gasteiger partial charge in [0.05, 0.1) is 11.4 Å². The number of carbonyl (C=O) groups excluding carboxylic acids is 1. The van der Waals surface area contributed by atoms with Crippen molar-refractivity contribution in [2.45, 2.75) is 18.0 Å². The molecular weight excluding hydrogens is 414 g/mol. The van der Waals surface area contributed by atoms with E-state index in [9.17, 15) is 13.2 Å². The van der Waals surface area contributed by atoms with Crippen molar-refractivity contribution < 1.29 is 17.9 Å². The van der Waals surface area contributed by atoms with Gasteiger partial charge in [0.25, 0.3) is 5.91 Å². The maximum Gasteiger partial charge on any atom is 0.251 e. The van der Waals surface area contributed by atoms with Crippen LogP contribution in [0.4, 0.5) is 0 Å². The summed E-state index contributed by atoms with van der Waals surface area (Å²) >= 11 is 0. The summed E-state index contributed by atoms with van der Waals surface area (Å²) in [6.07, 6.45) is 8.53. The quantitative estimate of drug-likeness (QED) is 0.504. The minimum Gasteiger partial charge on any atom is -0.489 e. The van der Waals surface area contributed by atoms with E-state index in [4.69, 9.17) is 11.2 Å². The SMILES string of the molecule is C#CCNS(=O)(=O)c1ccc(C(=O)NCc2ccc(OCc3cccnc3)cc2)cc1. The number of ether oxygens (including phenoxy) is 1. The van der Waals surface area contributed by atoms with E-state index in [0.717, 1.165) is 11.1 Å². The molecule has 0 aliphatic carbocycles. The zero-order valence-corrected chi connectivity index (χ0v) is 17.4. The molecule has 0 aliphatic heterocycles. The highest BCUT2D eigenvalue weighted by molar-refractivity contribution is 7.89. The number of benzene rings is 2. The van der Waals surface area contributed by atoms with Gasteiger partial charge in [0.15, 0.2) is 0 Å². The molecule has 3 rings (SSSR count). The topological polar surface area (TPSA) is 97.4 Å². The van der Waals surface area contributed by atoms with E-state index in [1.54, 1.807) is 12.4 Å². The molecule has 31 heavy (non-hydrogen) atoms. The fourth-order valence-electron chi connectivity index (χ4n) is 2.64. The van der Waals surface area contributed by atoms with E-state index in [0.29, 0.717) is 24.5 Å². The first-order valence-corrected chi connectivity index (χ1v) is 10.9. The predicted octanol–water partition coefficient (Wildman–Crippen LogP) is 2.50. The normalized spacial score (nSPS) is 10.8. The number of rotatable bonds is 9. The van der Waals surface area contributed by atoms with Gasteiger partial charge in [-0.3, -0.25) is 9.78 Å². The van der Waals surface area contributed by atoms with Gasteiger partial charge in [0.1, 0.15) is 12.4 Å². The molecule has 0 saturated carbocycles. The second-order valence-electron chi connectivity index (χ2n) is 6.53. The zero-order chi connectivity index (χ0) is 22.1. The average Bonchev–Trinajstić information content (AvgIpc) is 2.81. The molecule has 0 atom stereocenters. The Morgan fingerprint density at radius 1 is 1.03 bits per heavy atom. The summed E-state index contributed by atoms with van der Waals surface area (Å²) < 4.78 is 32.0. The smallest absolute Gasteiger partial charge is 0.251 e. The fraction of sp³-hybridized carbons (Fsp3) is 0.130. The number of amides is 1. The first-order valence-electron chi connectivity index (χ1n) is 9.40. The van der Waals surface area contributed by atoms with Gasteiger partial charge in [-0.2, -0.15) is 4.72 Å². The molecule has 1 heterocycles. The number of terminal acetylenes is 1. The molecule has 3 aromatic rings. The monoisotopic (exact) mass is 435 g/mol. The van der Waals surface area contributed by atoms with Crippen LogP contribution in [0.25, 0.3) is 0 Å². The Labute approximate surface area is 181 Å². The lowest BCUT2D eigenvalue weighted by Gasteiger charge is -2.09. The van der Waals surface area contributed by atoms with Gasteiger partial charge in [0.2, 0.25) is 10.0 Å². The van der Waals surface area contributed by atoms with Crippen LogP contribution < -0.4 is 14.8 Å². The van der Waals surface area contributed by atoms with Crippen molar-refractivity contribution in [2.24, 2.45) is 0 Å². The summed E-state index contributed by atoms with van der Waals surface area (Å²) in [5.74, 6) is 2.62. The maximum atomic E-state index is 12.3. The molecule has 0 aliphatic rings. The molecule has 1 amide bonds. The molecule has 158 valence electrons. The second-order valence-corrected chi connectivity index (χ2v) is 8.30. The lowest BCUT2D eigenvalue weighted by Crippen LogP contribution is -2.25. The zero-order valence-electron chi connectivity index (χ0n) is 16.6. The fourth-order valence-corrected chi connectivity index (χ4v) is 3.58. The van der Waals surface area contributed by atoms with Gasteiger partial charge in [-0.25, -0.2) is 8.42 Å². The predicted molar refractivity (Wildman–Crippen MR) is 117 cm³/mol. The van der Waals surface area contributed by atoms with Crippen molar-refractivity contribution in [1.29, 1.82) is 0 Å². The molecule has 0 saturated heterocycles.